The van der Waals surface area contributed by atoms with Gasteiger partial charge in [-0.25, -0.2) is 9.97 Å². The third kappa shape index (κ3) is 2.71. The highest BCUT2D eigenvalue weighted by molar-refractivity contribution is 6.32. The number of aliphatic hydroxyl groups excluding tert-OH is 1. The van der Waals surface area contributed by atoms with Gasteiger partial charge in [0.1, 0.15) is 11.0 Å². The number of halogens is 2. The maximum atomic E-state index is 9.12. The van der Waals surface area contributed by atoms with Gasteiger partial charge in [0.15, 0.2) is 0 Å². The molecule has 0 atom stereocenters. The molecule has 1 aromatic heterocycles. The third-order valence-electron chi connectivity index (χ3n) is 2.60. The Kier molecular flexibility index (Phi) is 3.00. The molecule has 1 saturated carbocycles. The Morgan fingerprint density at radius 1 is 1.40 bits per heavy atom. The van der Waals surface area contributed by atoms with Crippen LogP contribution >= 0.6 is 23.2 Å². The molecule has 0 saturated heterocycles. The van der Waals surface area contributed by atoms with Gasteiger partial charge < -0.3 is 10.4 Å². The number of anilines is 1. The molecule has 1 heterocycles. The summed E-state index contributed by atoms with van der Waals surface area (Å²) in [5, 5.41) is 12.7. The highest BCUT2D eigenvalue weighted by atomic mass is 35.5. The van der Waals surface area contributed by atoms with Crippen molar-refractivity contribution in [1.29, 1.82) is 0 Å². The van der Waals surface area contributed by atoms with E-state index in [1.54, 1.807) is 6.07 Å². The van der Waals surface area contributed by atoms with Crippen LogP contribution in [0.15, 0.2) is 6.07 Å². The van der Waals surface area contributed by atoms with Gasteiger partial charge in [-0.05, 0) is 24.4 Å². The largest absolute Gasteiger partial charge is 0.396 e. The number of rotatable bonds is 4. The van der Waals surface area contributed by atoms with Crippen molar-refractivity contribution in [2.45, 2.75) is 12.8 Å². The smallest absolute Gasteiger partial charge is 0.225 e. The predicted molar refractivity (Wildman–Crippen MR) is 59.3 cm³/mol. The zero-order valence-corrected chi connectivity index (χ0v) is 9.52. The van der Waals surface area contributed by atoms with Crippen molar-refractivity contribution in [3.8, 4) is 0 Å². The Hall–Kier alpha value is -0.580. The van der Waals surface area contributed by atoms with E-state index in [-0.39, 0.29) is 17.3 Å². The quantitative estimate of drug-likeness (QED) is 0.631. The van der Waals surface area contributed by atoms with Crippen molar-refractivity contribution >= 4 is 29.0 Å². The number of nitrogens with one attached hydrogen (secondary N) is 1. The van der Waals surface area contributed by atoms with Crippen LogP contribution in [0.3, 0.4) is 0 Å². The summed E-state index contributed by atoms with van der Waals surface area (Å²) in [5.41, 5.74) is 0.0316. The summed E-state index contributed by atoms with van der Waals surface area (Å²) in [6.07, 6.45) is 2.09. The lowest BCUT2D eigenvalue weighted by atomic mass is 10.1. The highest BCUT2D eigenvalue weighted by Crippen LogP contribution is 2.44. The third-order valence-corrected chi connectivity index (χ3v) is 2.97. The number of nitrogens with zero attached hydrogens (tertiary/aromatic N) is 2. The van der Waals surface area contributed by atoms with Crippen molar-refractivity contribution in [2.75, 3.05) is 18.5 Å². The van der Waals surface area contributed by atoms with Gasteiger partial charge >= 0.3 is 0 Å². The second-order valence-electron chi connectivity index (χ2n) is 3.86. The molecule has 1 fully saturated rings. The van der Waals surface area contributed by atoms with E-state index in [2.05, 4.69) is 15.3 Å². The van der Waals surface area contributed by atoms with Gasteiger partial charge in [-0.1, -0.05) is 11.6 Å². The van der Waals surface area contributed by atoms with E-state index in [1.165, 1.54) is 0 Å². The van der Waals surface area contributed by atoms with E-state index in [4.69, 9.17) is 28.3 Å². The van der Waals surface area contributed by atoms with Crippen molar-refractivity contribution < 1.29 is 5.11 Å². The van der Waals surface area contributed by atoms with Crippen LogP contribution in [0.25, 0.3) is 0 Å². The second kappa shape index (κ2) is 4.12. The van der Waals surface area contributed by atoms with E-state index in [9.17, 15) is 0 Å². The molecule has 0 aromatic carbocycles. The second-order valence-corrected chi connectivity index (χ2v) is 4.58. The number of hydrogen-bond donors (Lipinski definition) is 2. The molecule has 0 bridgehead atoms. The van der Waals surface area contributed by atoms with E-state index >= 15 is 0 Å². The summed E-state index contributed by atoms with van der Waals surface area (Å²) in [4.78, 5) is 7.72. The van der Waals surface area contributed by atoms with Gasteiger partial charge in [-0.3, -0.25) is 0 Å². The number of aliphatic hydroxyl groups is 1. The van der Waals surface area contributed by atoms with E-state index in [1.807, 2.05) is 0 Å². The summed E-state index contributed by atoms with van der Waals surface area (Å²) < 4.78 is 0. The monoisotopic (exact) mass is 247 g/mol. The molecule has 0 spiro atoms. The summed E-state index contributed by atoms with van der Waals surface area (Å²) in [5.74, 6) is 0.597. The van der Waals surface area contributed by atoms with Crippen molar-refractivity contribution in [2.24, 2.45) is 5.41 Å². The van der Waals surface area contributed by atoms with Crippen LogP contribution in [-0.4, -0.2) is 28.2 Å². The van der Waals surface area contributed by atoms with Crippen LogP contribution in [-0.2, 0) is 0 Å². The molecule has 1 aromatic rings. The van der Waals surface area contributed by atoms with Gasteiger partial charge in [0.2, 0.25) is 5.28 Å². The highest BCUT2D eigenvalue weighted by Gasteiger charge is 2.41. The van der Waals surface area contributed by atoms with Crippen molar-refractivity contribution in [1.82, 2.24) is 9.97 Å². The van der Waals surface area contributed by atoms with Crippen LogP contribution in [0.5, 0.6) is 0 Å². The fourth-order valence-electron chi connectivity index (χ4n) is 1.33. The van der Waals surface area contributed by atoms with Crippen molar-refractivity contribution in [3.63, 3.8) is 0 Å². The molecule has 0 aliphatic heterocycles. The van der Waals surface area contributed by atoms with E-state index < -0.39 is 0 Å². The van der Waals surface area contributed by atoms with Crippen LogP contribution in [0.4, 0.5) is 5.82 Å². The topological polar surface area (TPSA) is 58.0 Å². The zero-order valence-electron chi connectivity index (χ0n) is 8.00. The maximum absolute atomic E-state index is 9.12. The Morgan fingerprint density at radius 3 is 2.67 bits per heavy atom. The lowest BCUT2D eigenvalue weighted by Crippen LogP contribution is -2.19. The molecular weight excluding hydrogens is 237 g/mol. The Morgan fingerprint density at radius 2 is 2.13 bits per heavy atom. The average Bonchev–Trinajstić information content (AvgIpc) is 2.94. The first-order chi connectivity index (χ1) is 7.13. The Balaban J connectivity index is 1.99. The standard InChI is InChI=1S/C9H11Cl2N3O/c10-6-3-7(14-8(11)13-6)12-4-9(5-15)1-2-9/h3,15H,1-2,4-5H2,(H,12,13,14). The molecular formula is C9H11Cl2N3O. The molecule has 0 unspecified atom stereocenters. The Labute approximate surface area is 97.6 Å². The first kappa shape index (κ1) is 10.9. The first-order valence-corrected chi connectivity index (χ1v) is 5.44. The van der Waals surface area contributed by atoms with Crippen LogP contribution in [0.1, 0.15) is 12.8 Å². The number of aromatic nitrogens is 2. The molecule has 1 aliphatic carbocycles. The summed E-state index contributed by atoms with van der Waals surface area (Å²) in [7, 11) is 0. The Bertz CT molecular complexity index is 348. The predicted octanol–water partition coefficient (Wildman–Crippen LogP) is 1.97. The fourth-order valence-corrected chi connectivity index (χ4v) is 1.73. The first-order valence-electron chi connectivity index (χ1n) is 4.68. The average molecular weight is 248 g/mol. The molecule has 82 valence electrons. The SMILES string of the molecule is OCC1(CNc2cc(Cl)nc(Cl)n2)CC1. The van der Waals surface area contributed by atoms with Crippen LogP contribution < -0.4 is 5.32 Å². The lowest BCUT2D eigenvalue weighted by molar-refractivity contribution is 0.219. The van der Waals surface area contributed by atoms with Gasteiger partial charge in [0, 0.05) is 18.0 Å². The minimum Gasteiger partial charge on any atom is -0.396 e. The molecule has 15 heavy (non-hydrogen) atoms. The van der Waals surface area contributed by atoms with Crippen LogP contribution in [0.2, 0.25) is 10.4 Å². The molecule has 0 amide bonds. The van der Waals surface area contributed by atoms with Gasteiger partial charge in [0.25, 0.3) is 0 Å². The summed E-state index contributed by atoms with van der Waals surface area (Å²) in [6.45, 7) is 0.889. The maximum Gasteiger partial charge on any atom is 0.225 e. The molecule has 2 N–H and O–H groups in total. The van der Waals surface area contributed by atoms with Crippen LogP contribution in [0, 0.1) is 5.41 Å². The van der Waals surface area contributed by atoms with E-state index in [0.717, 1.165) is 12.8 Å². The van der Waals surface area contributed by atoms with Gasteiger partial charge in [0.05, 0.1) is 6.61 Å². The number of hydrogen-bond acceptors (Lipinski definition) is 4. The fraction of sp³-hybridized carbons (Fsp3) is 0.556. The molecule has 6 heteroatoms. The summed E-state index contributed by atoms with van der Waals surface area (Å²) >= 11 is 11.4. The minimum atomic E-state index is 0.0316. The zero-order chi connectivity index (χ0) is 10.9. The lowest BCUT2D eigenvalue weighted by Gasteiger charge is -2.13. The van der Waals surface area contributed by atoms with E-state index in [0.29, 0.717) is 17.5 Å². The normalized spacial score (nSPS) is 17.5. The molecule has 2 rings (SSSR count). The van der Waals surface area contributed by atoms with Crippen molar-refractivity contribution in [3.05, 3.63) is 16.5 Å². The molecule has 1 aliphatic rings. The van der Waals surface area contributed by atoms with Gasteiger partial charge in [-0.2, -0.15) is 0 Å². The summed E-state index contributed by atoms with van der Waals surface area (Å²) in [6, 6.07) is 1.61. The van der Waals surface area contributed by atoms with Gasteiger partial charge in [-0.15, -0.1) is 0 Å². The molecule has 4 nitrogen and oxygen atoms in total. The molecule has 0 radical (unpaired) electrons. The minimum absolute atomic E-state index is 0.0316.